The van der Waals surface area contributed by atoms with E-state index in [1.54, 1.807) is 19.1 Å². The van der Waals surface area contributed by atoms with Crippen molar-refractivity contribution in [3.05, 3.63) is 23.8 Å². The highest BCUT2D eigenvalue weighted by Crippen LogP contribution is 2.42. The molecule has 1 fully saturated rings. The second-order valence-corrected chi connectivity index (χ2v) is 7.64. The summed E-state index contributed by atoms with van der Waals surface area (Å²) in [6.07, 6.45) is -0.266. The summed E-state index contributed by atoms with van der Waals surface area (Å²) >= 11 is 3.58. The number of rotatable bonds is 4. The van der Waals surface area contributed by atoms with Crippen molar-refractivity contribution in [2.24, 2.45) is 5.92 Å². The number of carbonyl (C=O) groups excluding carboxylic acids is 1. The summed E-state index contributed by atoms with van der Waals surface area (Å²) in [4.78, 5) is 14.2. The quantitative estimate of drug-likeness (QED) is 0.716. The Balaban J connectivity index is 2.26. The number of benzene rings is 1. The number of hydrogen-bond acceptors (Lipinski definition) is 4. The lowest BCUT2D eigenvalue weighted by atomic mass is 9.89. The molecule has 1 aromatic carbocycles. The van der Waals surface area contributed by atoms with Crippen LogP contribution in [0.2, 0.25) is 0 Å². The Morgan fingerprint density at radius 1 is 1.25 bits per heavy atom. The molecule has 1 saturated heterocycles. The lowest BCUT2D eigenvalue weighted by Crippen LogP contribution is -2.35. The first-order chi connectivity index (χ1) is 11.3. The van der Waals surface area contributed by atoms with Gasteiger partial charge in [-0.2, -0.15) is 0 Å². The third-order valence-electron chi connectivity index (χ3n) is 4.12. The van der Waals surface area contributed by atoms with Crippen molar-refractivity contribution in [2.75, 3.05) is 32.6 Å². The highest BCUT2D eigenvalue weighted by Gasteiger charge is 2.39. The molecule has 0 N–H and O–H groups in total. The zero-order valence-corrected chi connectivity index (χ0v) is 16.6. The van der Waals surface area contributed by atoms with E-state index in [0.717, 1.165) is 16.6 Å². The van der Waals surface area contributed by atoms with Crippen LogP contribution in [0.15, 0.2) is 18.2 Å². The smallest absolute Gasteiger partial charge is 0.410 e. The van der Waals surface area contributed by atoms with Crippen molar-refractivity contribution in [1.82, 2.24) is 4.90 Å². The van der Waals surface area contributed by atoms with Crippen LogP contribution in [-0.4, -0.2) is 49.2 Å². The van der Waals surface area contributed by atoms with Crippen LogP contribution in [-0.2, 0) is 4.74 Å². The Labute approximate surface area is 152 Å². The largest absolute Gasteiger partial charge is 0.493 e. The minimum absolute atomic E-state index is 0.168. The minimum atomic E-state index is -0.493. The zero-order valence-electron chi connectivity index (χ0n) is 15.0. The number of hydrogen-bond donors (Lipinski definition) is 0. The first-order valence-electron chi connectivity index (χ1n) is 8.05. The molecule has 0 spiro atoms. The fraction of sp³-hybridized carbons (Fsp3) is 0.611. The number of halogens is 1. The molecule has 2 atom stereocenters. The lowest BCUT2D eigenvalue weighted by molar-refractivity contribution is 0.0288. The number of ether oxygens (including phenoxy) is 3. The number of alkyl halides is 1. The molecule has 0 aliphatic carbocycles. The fourth-order valence-electron chi connectivity index (χ4n) is 3.06. The van der Waals surface area contributed by atoms with Gasteiger partial charge in [-0.15, -0.1) is 0 Å². The molecule has 6 heteroatoms. The molecule has 1 aromatic rings. The van der Waals surface area contributed by atoms with E-state index in [1.165, 1.54) is 0 Å². The summed E-state index contributed by atoms with van der Waals surface area (Å²) in [5.41, 5.74) is 0.569. The number of likely N-dealkylation sites (tertiary alicyclic amines) is 1. The van der Waals surface area contributed by atoms with Gasteiger partial charge in [0.2, 0.25) is 0 Å². The molecule has 24 heavy (non-hydrogen) atoms. The van der Waals surface area contributed by atoms with Crippen molar-refractivity contribution in [3.8, 4) is 11.5 Å². The summed E-state index contributed by atoms with van der Waals surface area (Å²) < 4.78 is 16.5. The molecule has 1 aliphatic rings. The van der Waals surface area contributed by atoms with Crippen LogP contribution in [0.5, 0.6) is 11.5 Å². The van der Waals surface area contributed by atoms with Gasteiger partial charge in [-0.3, -0.25) is 0 Å². The Kier molecular flexibility index (Phi) is 6.01. The highest BCUT2D eigenvalue weighted by molar-refractivity contribution is 9.09. The first-order valence-corrected chi connectivity index (χ1v) is 9.17. The number of methoxy groups -OCH3 is 2. The molecule has 1 aliphatic heterocycles. The van der Waals surface area contributed by atoms with E-state index in [9.17, 15) is 4.79 Å². The van der Waals surface area contributed by atoms with E-state index in [1.807, 2.05) is 39.0 Å². The predicted octanol–water partition coefficient (Wildman–Crippen LogP) is 4.05. The number of nitrogens with zero attached hydrogens (tertiary/aromatic N) is 1. The van der Waals surface area contributed by atoms with Gasteiger partial charge in [-0.1, -0.05) is 28.1 Å². The summed E-state index contributed by atoms with van der Waals surface area (Å²) in [5.74, 6) is 1.90. The molecule has 0 saturated carbocycles. The summed E-state index contributed by atoms with van der Waals surface area (Å²) in [7, 11) is 3.27. The van der Waals surface area contributed by atoms with E-state index in [0.29, 0.717) is 24.8 Å². The Hall–Kier alpha value is -1.43. The average Bonchev–Trinajstić information content (AvgIpc) is 2.96. The van der Waals surface area contributed by atoms with E-state index < -0.39 is 5.60 Å². The molecule has 1 heterocycles. The van der Waals surface area contributed by atoms with Crippen molar-refractivity contribution in [2.45, 2.75) is 32.3 Å². The van der Waals surface area contributed by atoms with Crippen LogP contribution >= 0.6 is 15.9 Å². The first kappa shape index (κ1) is 18.9. The molecule has 0 radical (unpaired) electrons. The van der Waals surface area contributed by atoms with Crippen molar-refractivity contribution >= 4 is 22.0 Å². The van der Waals surface area contributed by atoms with Crippen molar-refractivity contribution < 1.29 is 19.0 Å². The molecule has 0 unspecified atom stereocenters. The topological polar surface area (TPSA) is 48.0 Å². The van der Waals surface area contributed by atoms with E-state index in [4.69, 9.17) is 14.2 Å². The maximum atomic E-state index is 12.4. The maximum Gasteiger partial charge on any atom is 0.410 e. The SMILES string of the molecule is COc1cccc([C@@H]2CN(C(=O)OC(C)(C)C)C[C@H]2CBr)c1OC. The third-order valence-corrected chi connectivity index (χ3v) is 4.96. The maximum absolute atomic E-state index is 12.4. The molecular weight excluding hydrogens is 374 g/mol. The van der Waals surface area contributed by atoms with Gasteiger partial charge in [0.1, 0.15) is 5.60 Å². The molecule has 1 amide bonds. The van der Waals surface area contributed by atoms with Crippen LogP contribution in [0.3, 0.4) is 0 Å². The normalized spacial score (nSPS) is 20.8. The van der Waals surface area contributed by atoms with Gasteiger partial charge in [-0.05, 0) is 32.8 Å². The molecule has 2 rings (SSSR count). The molecule has 134 valence electrons. The predicted molar refractivity (Wildman–Crippen MR) is 97.4 cm³/mol. The van der Waals surface area contributed by atoms with Crippen LogP contribution in [0.1, 0.15) is 32.3 Å². The van der Waals surface area contributed by atoms with E-state index in [-0.39, 0.29) is 12.0 Å². The average molecular weight is 400 g/mol. The van der Waals surface area contributed by atoms with Gasteiger partial charge in [0.25, 0.3) is 0 Å². The molecular formula is C18H26BrNO4. The second kappa shape index (κ2) is 7.64. The van der Waals surface area contributed by atoms with Crippen LogP contribution in [0, 0.1) is 5.92 Å². The Morgan fingerprint density at radius 3 is 2.50 bits per heavy atom. The standard InChI is InChI=1S/C18H26BrNO4/c1-18(2,3)24-17(21)20-10-12(9-19)14(11-20)13-7-6-8-15(22-4)16(13)23-5/h6-8,12,14H,9-11H2,1-5H3/t12-,14-/m1/s1. The lowest BCUT2D eigenvalue weighted by Gasteiger charge is -2.24. The van der Waals surface area contributed by atoms with Crippen LogP contribution in [0.25, 0.3) is 0 Å². The molecule has 0 aromatic heterocycles. The van der Waals surface area contributed by atoms with Crippen LogP contribution < -0.4 is 9.47 Å². The fourth-order valence-corrected chi connectivity index (χ4v) is 3.72. The van der Waals surface area contributed by atoms with Crippen molar-refractivity contribution in [3.63, 3.8) is 0 Å². The minimum Gasteiger partial charge on any atom is -0.493 e. The third kappa shape index (κ3) is 4.15. The molecule has 5 nitrogen and oxygen atoms in total. The van der Waals surface area contributed by atoms with Gasteiger partial charge in [0, 0.05) is 29.9 Å². The summed E-state index contributed by atoms with van der Waals surface area (Å²) in [5, 5.41) is 0.803. The van der Waals surface area contributed by atoms with E-state index in [2.05, 4.69) is 15.9 Å². The Bertz CT molecular complexity index is 585. The Morgan fingerprint density at radius 2 is 1.96 bits per heavy atom. The summed E-state index contributed by atoms with van der Waals surface area (Å²) in [6.45, 7) is 6.91. The van der Waals surface area contributed by atoms with Gasteiger partial charge >= 0.3 is 6.09 Å². The van der Waals surface area contributed by atoms with E-state index >= 15 is 0 Å². The van der Waals surface area contributed by atoms with Gasteiger partial charge in [0.05, 0.1) is 14.2 Å². The van der Waals surface area contributed by atoms with Gasteiger partial charge < -0.3 is 19.1 Å². The zero-order chi connectivity index (χ0) is 17.9. The van der Waals surface area contributed by atoms with Gasteiger partial charge in [-0.25, -0.2) is 4.79 Å². The molecule has 0 bridgehead atoms. The summed E-state index contributed by atoms with van der Waals surface area (Å²) in [6, 6.07) is 5.88. The highest BCUT2D eigenvalue weighted by atomic mass is 79.9. The van der Waals surface area contributed by atoms with Crippen LogP contribution in [0.4, 0.5) is 4.79 Å². The van der Waals surface area contributed by atoms with Crippen molar-refractivity contribution in [1.29, 1.82) is 0 Å². The number of amides is 1. The van der Waals surface area contributed by atoms with Gasteiger partial charge in [0.15, 0.2) is 11.5 Å². The second-order valence-electron chi connectivity index (χ2n) is 6.99. The monoisotopic (exact) mass is 399 g/mol. The number of para-hydroxylation sites is 1. The number of carbonyl (C=O) groups is 1.